The molecule has 2 atom stereocenters. The van der Waals surface area contributed by atoms with Crippen LogP contribution in [0.25, 0.3) is 0 Å². The van der Waals surface area contributed by atoms with Crippen molar-refractivity contribution in [1.29, 1.82) is 0 Å². The van der Waals surface area contributed by atoms with Crippen LogP contribution in [0, 0.1) is 0 Å². The monoisotopic (exact) mass is 374 g/mol. The van der Waals surface area contributed by atoms with Crippen LogP contribution in [0.1, 0.15) is 18.9 Å². The fourth-order valence-corrected chi connectivity index (χ4v) is 3.59. The fourth-order valence-electron chi connectivity index (χ4n) is 2.84. The summed E-state index contributed by atoms with van der Waals surface area (Å²) in [7, 11) is 2.00. The molecule has 0 aromatic heterocycles. The summed E-state index contributed by atoms with van der Waals surface area (Å²) >= 11 is 9.79. The van der Waals surface area contributed by atoms with Gasteiger partial charge in [-0.2, -0.15) is 0 Å². The number of nitrogens with one attached hydrogen (secondary N) is 1. The molecule has 3 nitrogen and oxygen atoms in total. The molecule has 1 aliphatic rings. The minimum atomic E-state index is 0.218. The first-order chi connectivity index (χ1) is 10.1. The summed E-state index contributed by atoms with van der Waals surface area (Å²) in [6.45, 7) is 6.22. The van der Waals surface area contributed by atoms with Gasteiger partial charge in [-0.15, -0.1) is 0 Å². The molecule has 2 unspecified atom stereocenters. The maximum Gasteiger partial charge on any atom is 0.0858 e. The number of halogens is 2. The summed E-state index contributed by atoms with van der Waals surface area (Å²) in [6, 6.07) is 6.36. The molecule has 1 heterocycles. The molecule has 0 spiro atoms. The molecule has 1 aromatic carbocycles. The first-order valence-electron chi connectivity index (χ1n) is 7.59. The molecule has 21 heavy (non-hydrogen) atoms. The van der Waals surface area contributed by atoms with E-state index in [1.165, 1.54) is 6.42 Å². The van der Waals surface area contributed by atoms with Crippen LogP contribution < -0.4 is 5.32 Å². The number of hydrogen-bond donors (Lipinski definition) is 1. The second-order valence-electron chi connectivity index (χ2n) is 5.54. The third-order valence-corrected chi connectivity index (χ3v) is 4.84. The Morgan fingerprint density at radius 1 is 1.52 bits per heavy atom. The second-order valence-corrected chi connectivity index (χ2v) is 6.87. The van der Waals surface area contributed by atoms with Crippen LogP contribution in [-0.4, -0.2) is 50.3 Å². The van der Waals surface area contributed by atoms with Crippen LogP contribution >= 0.6 is 27.5 Å². The van der Waals surface area contributed by atoms with Gasteiger partial charge in [-0.05, 0) is 44.1 Å². The predicted molar refractivity (Wildman–Crippen MR) is 92.2 cm³/mol. The average Bonchev–Trinajstić information content (AvgIpc) is 2.47. The molecule has 1 saturated heterocycles. The minimum absolute atomic E-state index is 0.218. The summed E-state index contributed by atoms with van der Waals surface area (Å²) < 4.78 is 7.00. The summed E-state index contributed by atoms with van der Waals surface area (Å²) in [4.78, 5) is 2.49. The van der Waals surface area contributed by atoms with E-state index in [1.54, 1.807) is 0 Å². The van der Waals surface area contributed by atoms with E-state index in [9.17, 15) is 0 Å². The Bertz CT molecular complexity index is 456. The van der Waals surface area contributed by atoms with Crippen LogP contribution in [0.2, 0.25) is 5.02 Å². The van der Waals surface area contributed by atoms with Crippen molar-refractivity contribution in [2.24, 2.45) is 0 Å². The Hall–Kier alpha value is -0.130. The first kappa shape index (κ1) is 17.2. The zero-order valence-corrected chi connectivity index (χ0v) is 15.1. The standard InChI is InChI=1S/C16H24BrClN2O/c1-3-6-20-7-8-21-16(11-20)15(19-2)9-12-4-5-13(17)10-14(12)18/h4-5,10,15-16,19H,3,6-9,11H2,1-2H3. The molecule has 5 heteroatoms. The van der Waals surface area contributed by atoms with Crippen LogP contribution in [-0.2, 0) is 11.2 Å². The summed E-state index contributed by atoms with van der Waals surface area (Å²) in [6.07, 6.45) is 2.29. The maximum absolute atomic E-state index is 6.34. The zero-order chi connectivity index (χ0) is 15.2. The quantitative estimate of drug-likeness (QED) is 0.825. The third-order valence-electron chi connectivity index (χ3n) is 3.99. The van der Waals surface area contributed by atoms with Crippen molar-refractivity contribution in [2.75, 3.05) is 33.3 Å². The molecular formula is C16H24BrClN2O. The van der Waals surface area contributed by atoms with Crippen molar-refractivity contribution in [3.8, 4) is 0 Å². The van der Waals surface area contributed by atoms with Gasteiger partial charge in [0.25, 0.3) is 0 Å². The number of likely N-dealkylation sites (N-methyl/N-ethyl adjacent to an activating group) is 1. The molecule has 0 saturated carbocycles. The highest BCUT2D eigenvalue weighted by Crippen LogP contribution is 2.24. The number of morpholine rings is 1. The topological polar surface area (TPSA) is 24.5 Å². The molecule has 1 fully saturated rings. The van der Waals surface area contributed by atoms with Gasteiger partial charge in [0.15, 0.2) is 0 Å². The lowest BCUT2D eigenvalue weighted by Gasteiger charge is -2.37. The van der Waals surface area contributed by atoms with E-state index >= 15 is 0 Å². The maximum atomic E-state index is 6.34. The van der Waals surface area contributed by atoms with Gasteiger partial charge >= 0.3 is 0 Å². The summed E-state index contributed by atoms with van der Waals surface area (Å²) in [5, 5.41) is 4.21. The van der Waals surface area contributed by atoms with E-state index in [0.29, 0.717) is 0 Å². The fraction of sp³-hybridized carbons (Fsp3) is 0.625. The van der Waals surface area contributed by atoms with Crippen molar-refractivity contribution in [3.63, 3.8) is 0 Å². The van der Waals surface area contributed by atoms with Gasteiger partial charge in [0, 0.05) is 28.6 Å². The predicted octanol–water partition coefficient (Wildman–Crippen LogP) is 3.34. The molecule has 0 bridgehead atoms. The van der Waals surface area contributed by atoms with Crippen molar-refractivity contribution in [1.82, 2.24) is 10.2 Å². The Balaban J connectivity index is 2.01. The lowest BCUT2D eigenvalue weighted by molar-refractivity contribution is -0.0450. The van der Waals surface area contributed by atoms with Gasteiger partial charge in [-0.1, -0.05) is 40.5 Å². The zero-order valence-electron chi connectivity index (χ0n) is 12.7. The highest BCUT2D eigenvalue weighted by atomic mass is 79.9. The van der Waals surface area contributed by atoms with Gasteiger partial charge in [0.05, 0.1) is 12.7 Å². The number of benzene rings is 1. The van der Waals surface area contributed by atoms with E-state index in [0.717, 1.165) is 47.7 Å². The molecular weight excluding hydrogens is 352 g/mol. The SMILES string of the molecule is CCCN1CCOC(C(Cc2ccc(Br)cc2Cl)NC)C1. The number of rotatable bonds is 6. The Labute approximate surface area is 141 Å². The third kappa shape index (κ3) is 4.93. The van der Waals surface area contributed by atoms with Crippen LogP contribution in [0.3, 0.4) is 0 Å². The highest BCUT2D eigenvalue weighted by molar-refractivity contribution is 9.10. The molecule has 0 aliphatic carbocycles. The number of nitrogens with zero attached hydrogens (tertiary/aromatic N) is 1. The lowest BCUT2D eigenvalue weighted by Crippen LogP contribution is -2.52. The van der Waals surface area contributed by atoms with Crippen molar-refractivity contribution in [3.05, 3.63) is 33.3 Å². The lowest BCUT2D eigenvalue weighted by atomic mass is 10.00. The normalized spacial score (nSPS) is 21.4. The number of hydrogen-bond acceptors (Lipinski definition) is 3. The van der Waals surface area contributed by atoms with Gasteiger partial charge < -0.3 is 10.1 Å². The van der Waals surface area contributed by atoms with Crippen molar-refractivity contribution < 1.29 is 4.74 Å². The minimum Gasteiger partial charge on any atom is -0.374 e. The van der Waals surface area contributed by atoms with Crippen LogP contribution in [0.4, 0.5) is 0 Å². The van der Waals surface area contributed by atoms with Crippen LogP contribution in [0.5, 0.6) is 0 Å². The average molecular weight is 376 g/mol. The first-order valence-corrected chi connectivity index (χ1v) is 8.76. The van der Waals surface area contributed by atoms with Crippen molar-refractivity contribution in [2.45, 2.75) is 31.9 Å². The highest BCUT2D eigenvalue weighted by Gasteiger charge is 2.27. The molecule has 1 aliphatic heterocycles. The molecule has 0 amide bonds. The van der Waals surface area contributed by atoms with Gasteiger partial charge in [-0.25, -0.2) is 0 Å². The van der Waals surface area contributed by atoms with Gasteiger partial charge in [-0.3, -0.25) is 4.90 Å². The van der Waals surface area contributed by atoms with E-state index in [2.05, 4.69) is 39.1 Å². The molecule has 118 valence electrons. The molecule has 1 aromatic rings. The van der Waals surface area contributed by atoms with Gasteiger partial charge in [0.2, 0.25) is 0 Å². The van der Waals surface area contributed by atoms with Crippen LogP contribution in [0.15, 0.2) is 22.7 Å². The van der Waals surface area contributed by atoms with E-state index in [1.807, 2.05) is 19.2 Å². The summed E-state index contributed by atoms with van der Waals surface area (Å²) in [5.74, 6) is 0. The van der Waals surface area contributed by atoms with Crippen molar-refractivity contribution >= 4 is 27.5 Å². The van der Waals surface area contributed by atoms with Gasteiger partial charge in [0.1, 0.15) is 0 Å². The second kappa shape index (κ2) is 8.49. The Morgan fingerprint density at radius 2 is 2.33 bits per heavy atom. The Morgan fingerprint density at radius 3 is 3.00 bits per heavy atom. The molecule has 0 radical (unpaired) electrons. The summed E-state index contributed by atoms with van der Waals surface area (Å²) in [5.41, 5.74) is 1.16. The molecule has 1 N–H and O–H groups in total. The van der Waals surface area contributed by atoms with E-state index in [-0.39, 0.29) is 12.1 Å². The smallest absolute Gasteiger partial charge is 0.0858 e. The van der Waals surface area contributed by atoms with E-state index in [4.69, 9.17) is 16.3 Å². The Kier molecular flexibility index (Phi) is 6.96. The largest absolute Gasteiger partial charge is 0.374 e. The molecule has 2 rings (SSSR count). The van der Waals surface area contributed by atoms with E-state index < -0.39 is 0 Å². The number of ether oxygens (including phenoxy) is 1.